The van der Waals surface area contributed by atoms with Crippen LogP contribution in [0.25, 0.3) is 0 Å². The highest BCUT2D eigenvalue weighted by molar-refractivity contribution is 6.30. The maximum Gasteiger partial charge on any atom is 0.341 e. The first kappa shape index (κ1) is 29.7. The summed E-state index contributed by atoms with van der Waals surface area (Å²) >= 11 is 6.39. The topological polar surface area (TPSA) is 65.0 Å². The number of carboxylic acids is 1. The normalized spacial score (nSPS) is 20.6. The zero-order valence-electron chi connectivity index (χ0n) is 23.8. The molecule has 0 unspecified atom stereocenters. The van der Waals surface area contributed by atoms with Crippen LogP contribution in [0.4, 0.5) is 0 Å². The molecule has 0 aliphatic carbocycles. The Morgan fingerprint density at radius 1 is 1.07 bits per heavy atom. The Morgan fingerprint density at radius 3 is 2.50 bits per heavy atom. The average Bonchev–Trinajstić information content (AvgIpc) is 2.92. The Hall–Kier alpha value is -3.28. The molecule has 6 heteroatoms. The van der Waals surface area contributed by atoms with E-state index in [9.17, 15) is 9.90 Å². The van der Waals surface area contributed by atoms with Gasteiger partial charge in [-0.05, 0) is 92.8 Å². The van der Waals surface area contributed by atoms with Crippen molar-refractivity contribution in [3.8, 4) is 17.2 Å². The van der Waals surface area contributed by atoms with Crippen LogP contribution in [-0.4, -0.2) is 23.8 Å². The third-order valence-electron chi connectivity index (χ3n) is 7.75. The van der Waals surface area contributed by atoms with Gasteiger partial charge in [0.05, 0.1) is 12.2 Å². The van der Waals surface area contributed by atoms with E-state index in [2.05, 4.69) is 33.4 Å². The Morgan fingerprint density at radius 2 is 1.82 bits per heavy atom. The van der Waals surface area contributed by atoms with Crippen LogP contribution in [0.2, 0.25) is 5.02 Å². The van der Waals surface area contributed by atoms with E-state index in [1.807, 2.05) is 49.4 Å². The van der Waals surface area contributed by atoms with Crippen LogP contribution in [0.5, 0.6) is 17.2 Å². The lowest BCUT2D eigenvalue weighted by atomic mass is 9.74. The van der Waals surface area contributed by atoms with Crippen LogP contribution >= 0.6 is 11.6 Å². The molecule has 1 heterocycles. The van der Waals surface area contributed by atoms with E-state index in [0.29, 0.717) is 16.5 Å². The van der Waals surface area contributed by atoms with Gasteiger partial charge in [-0.1, -0.05) is 61.7 Å². The van der Waals surface area contributed by atoms with Gasteiger partial charge < -0.3 is 19.3 Å². The van der Waals surface area contributed by atoms with Gasteiger partial charge in [0, 0.05) is 22.4 Å². The monoisotopic (exact) mass is 562 g/mol. The van der Waals surface area contributed by atoms with Crippen LogP contribution in [0, 0.1) is 19.8 Å². The van der Waals surface area contributed by atoms with Gasteiger partial charge in [-0.3, -0.25) is 0 Å². The fourth-order valence-electron chi connectivity index (χ4n) is 5.44. The van der Waals surface area contributed by atoms with Crippen molar-refractivity contribution in [1.82, 2.24) is 0 Å². The first-order valence-corrected chi connectivity index (χ1v) is 14.3. The number of halogens is 1. The third-order valence-corrected chi connectivity index (χ3v) is 7.98. The lowest BCUT2D eigenvalue weighted by molar-refractivity contribution is -0.139. The molecule has 40 heavy (non-hydrogen) atoms. The van der Waals surface area contributed by atoms with Gasteiger partial charge in [0.1, 0.15) is 17.2 Å². The number of ether oxygens (including phenoxy) is 3. The minimum absolute atomic E-state index is 0.0223. The maximum atomic E-state index is 11.4. The van der Waals surface area contributed by atoms with Gasteiger partial charge in [-0.15, -0.1) is 0 Å². The van der Waals surface area contributed by atoms with Gasteiger partial charge in [-0.25, -0.2) is 4.79 Å². The summed E-state index contributed by atoms with van der Waals surface area (Å²) < 4.78 is 19.0. The van der Waals surface area contributed by atoms with Crippen molar-refractivity contribution < 1.29 is 24.1 Å². The smallest absolute Gasteiger partial charge is 0.341 e. The second-order valence-electron chi connectivity index (χ2n) is 10.8. The van der Waals surface area contributed by atoms with E-state index in [0.717, 1.165) is 53.7 Å². The minimum atomic E-state index is -1.04. The Bertz CT molecular complexity index is 1350. The second-order valence-corrected chi connectivity index (χ2v) is 11.3. The molecular formula is C34H39ClO5. The molecule has 1 N–H and O–H groups in total. The Kier molecular flexibility index (Phi) is 9.94. The predicted molar refractivity (Wildman–Crippen MR) is 160 cm³/mol. The summed E-state index contributed by atoms with van der Waals surface area (Å²) in [5, 5.41) is 10.0. The number of rotatable bonds is 11. The number of carboxylic acid groups (broad SMARTS) is 1. The fourth-order valence-corrected chi connectivity index (χ4v) is 5.63. The highest BCUT2D eigenvalue weighted by Gasteiger charge is 2.41. The van der Waals surface area contributed by atoms with E-state index < -0.39 is 12.6 Å². The standard InChI is InChI=1S/C34H39ClO5/c1-6-7-11-32-29(24-9-8-10-25(35)17-24)19-28(21(2)3)34(40-32)30-18-27(14-15-31(30)38-20-33(36)37)39-26-13-12-22(4)23(5)16-26/h8-10,12-18,28-29,32,34H,2,6-7,11,19-20H2,1,3-5H3,(H,36,37)/t28-,29-,32+,34+/m0/s1. The molecule has 4 rings (SSSR count). The molecule has 4 atom stereocenters. The quantitative estimate of drug-likeness (QED) is 0.236. The summed E-state index contributed by atoms with van der Waals surface area (Å²) in [4.78, 5) is 11.4. The molecule has 0 aromatic heterocycles. The Labute approximate surface area is 242 Å². The van der Waals surface area contributed by atoms with Crippen molar-refractivity contribution in [2.45, 2.75) is 71.5 Å². The van der Waals surface area contributed by atoms with Crippen molar-refractivity contribution in [2.24, 2.45) is 5.92 Å². The molecule has 1 aliphatic rings. The molecule has 1 fully saturated rings. The summed E-state index contributed by atoms with van der Waals surface area (Å²) in [5.41, 5.74) is 5.26. The van der Waals surface area contributed by atoms with Crippen molar-refractivity contribution in [1.29, 1.82) is 0 Å². The second kappa shape index (κ2) is 13.4. The van der Waals surface area contributed by atoms with Crippen LogP contribution in [0.1, 0.15) is 73.8 Å². The van der Waals surface area contributed by atoms with Crippen molar-refractivity contribution in [2.75, 3.05) is 6.61 Å². The van der Waals surface area contributed by atoms with E-state index >= 15 is 0 Å². The largest absolute Gasteiger partial charge is 0.482 e. The van der Waals surface area contributed by atoms with Gasteiger partial charge in [-0.2, -0.15) is 0 Å². The van der Waals surface area contributed by atoms with Crippen molar-refractivity contribution in [3.63, 3.8) is 0 Å². The molecule has 212 valence electrons. The average molecular weight is 563 g/mol. The molecule has 0 saturated carbocycles. The van der Waals surface area contributed by atoms with E-state index in [-0.39, 0.29) is 24.0 Å². The predicted octanol–water partition coefficient (Wildman–Crippen LogP) is 9.21. The lowest BCUT2D eigenvalue weighted by Crippen LogP contribution is -2.36. The summed E-state index contributed by atoms with van der Waals surface area (Å²) in [6, 6.07) is 19.5. The molecule has 3 aromatic carbocycles. The molecule has 3 aromatic rings. The number of hydrogen-bond donors (Lipinski definition) is 1. The molecular weight excluding hydrogens is 524 g/mol. The van der Waals surface area contributed by atoms with Crippen molar-refractivity contribution >= 4 is 17.6 Å². The van der Waals surface area contributed by atoms with Gasteiger partial charge in [0.2, 0.25) is 0 Å². The zero-order chi connectivity index (χ0) is 28.8. The molecule has 1 aliphatic heterocycles. The van der Waals surface area contributed by atoms with Crippen LogP contribution in [-0.2, 0) is 9.53 Å². The highest BCUT2D eigenvalue weighted by atomic mass is 35.5. The first-order valence-electron chi connectivity index (χ1n) is 14.0. The molecule has 0 radical (unpaired) electrons. The number of aryl methyl sites for hydroxylation is 2. The number of hydrogen-bond acceptors (Lipinski definition) is 4. The molecule has 5 nitrogen and oxygen atoms in total. The van der Waals surface area contributed by atoms with Crippen molar-refractivity contribution in [3.05, 3.63) is 100 Å². The van der Waals surface area contributed by atoms with E-state index in [1.165, 1.54) is 5.56 Å². The third kappa shape index (κ3) is 7.26. The van der Waals surface area contributed by atoms with Gasteiger partial charge >= 0.3 is 5.97 Å². The van der Waals surface area contributed by atoms with Gasteiger partial charge in [0.25, 0.3) is 0 Å². The number of carbonyl (C=O) groups is 1. The number of benzene rings is 3. The molecule has 0 bridgehead atoms. The molecule has 0 amide bonds. The number of aliphatic carboxylic acids is 1. The van der Waals surface area contributed by atoms with E-state index in [1.54, 1.807) is 12.1 Å². The minimum Gasteiger partial charge on any atom is -0.482 e. The summed E-state index contributed by atoms with van der Waals surface area (Å²) in [7, 11) is 0. The lowest BCUT2D eigenvalue weighted by Gasteiger charge is -2.43. The molecule has 0 spiro atoms. The summed E-state index contributed by atoms with van der Waals surface area (Å²) in [6.07, 6.45) is 3.40. The Balaban J connectivity index is 1.74. The van der Waals surface area contributed by atoms with E-state index in [4.69, 9.17) is 25.8 Å². The van der Waals surface area contributed by atoms with Crippen LogP contribution in [0.15, 0.2) is 72.8 Å². The zero-order valence-corrected chi connectivity index (χ0v) is 24.5. The van der Waals surface area contributed by atoms with Crippen LogP contribution < -0.4 is 9.47 Å². The highest BCUT2D eigenvalue weighted by Crippen LogP contribution is 2.50. The van der Waals surface area contributed by atoms with Gasteiger partial charge in [0.15, 0.2) is 6.61 Å². The fraction of sp³-hybridized carbons (Fsp3) is 0.382. The summed E-state index contributed by atoms with van der Waals surface area (Å²) in [5.74, 6) is 0.932. The van der Waals surface area contributed by atoms with Crippen LogP contribution in [0.3, 0.4) is 0 Å². The summed E-state index contributed by atoms with van der Waals surface area (Å²) in [6.45, 7) is 12.2. The first-order chi connectivity index (χ1) is 19.2. The SMILES string of the molecule is C=C(C)[C@@H]1C[C@@H](c2cccc(Cl)c2)[C@@H](CCCC)O[C@H]1c1cc(Oc2ccc(C)c(C)c2)ccc1OCC(=O)O. The molecule has 1 saturated heterocycles. The maximum absolute atomic E-state index is 11.4. The number of unbranched alkanes of at least 4 members (excludes halogenated alkanes) is 1.